The Balaban J connectivity index is 1.65. The number of aromatic nitrogens is 1. The molecule has 1 aliphatic rings. The van der Waals surface area contributed by atoms with Gasteiger partial charge in [0.25, 0.3) is 5.91 Å². The van der Waals surface area contributed by atoms with Gasteiger partial charge in [-0.2, -0.15) is 0 Å². The third-order valence-corrected chi connectivity index (χ3v) is 6.51. The fourth-order valence-electron chi connectivity index (χ4n) is 4.38. The van der Waals surface area contributed by atoms with E-state index < -0.39 is 18.1 Å². The first-order valence-electron chi connectivity index (χ1n) is 11.8. The predicted molar refractivity (Wildman–Crippen MR) is 135 cm³/mol. The third-order valence-electron chi connectivity index (χ3n) is 6.51. The molecule has 0 aliphatic carbocycles. The molecule has 3 aromatic rings. The summed E-state index contributed by atoms with van der Waals surface area (Å²) < 4.78 is 0. The van der Waals surface area contributed by atoms with Crippen LogP contribution in [0.15, 0.2) is 60.8 Å². The van der Waals surface area contributed by atoms with Gasteiger partial charge in [-0.15, -0.1) is 0 Å². The topological polar surface area (TPSA) is 103 Å². The summed E-state index contributed by atoms with van der Waals surface area (Å²) in [6.45, 7) is 5.78. The minimum Gasteiger partial charge on any atom is -0.343 e. The second-order valence-corrected chi connectivity index (χ2v) is 9.18. The Morgan fingerprint density at radius 3 is 2.46 bits per heavy atom. The monoisotopic (exact) mass is 473 g/mol. The number of likely N-dealkylation sites (N-methyl/N-ethyl adjacent to an activating group) is 1. The molecule has 0 bridgehead atoms. The average molecular weight is 474 g/mol. The van der Waals surface area contributed by atoms with Crippen LogP contribution in [0.1, 0.15) is 37.9 Å². The van der Waals surface area contributed by atoms with Gasteiger partial charge in [-0.3, -0.25) is 14.4 Å². The van der Waals surface area contributed by atoms with Gasteiger partial charge in [-0.1, -0.05) is 62.4 Å². The van der Waals surface area contributed by atoms with E-state index in [4.69, 9.17) is 0 Å². The van der Waals surface area contributed by atoms with Crippen LogP contribution in [-0.2, 0) is 20.9 Å². The molecule has 3 atom stereocenters. The Morgan fingerprint density at radius 1 is 1.00 bits per heavy atom. The van der Waals surface area contributed by atoms with E-state index in [0.29, 0.717) is 5.82 Å². The SMILES string of the molecule is CNC(C)C(=O)NC(C(=O)N1Cc2ccccc2C1C(=O)Nc1nccc2ccccc12)C(C)C. The van der Waals surface area contributed by atoms with Crippen LogP contribution in [0, 0.1) is 5.92 Å². The molecule has 3 amide bonds. The van der Waals surface area contributed by atoms with Gasteiger partial charge in [0, 0.05) is 18.1 Å². The van der Waals surface area contributed by atoms with Crippen LogP contribution in [-0.4, -0.2) is 46.7 Å². The second kappa shape index (κ2) is 10.2. The molecule has 0 saturated heterocycles. The Hall–Kier alpha value is -3.78. The Bertz CT molecular complexity index is 1250. The molecule has 1 aliphatic heterocycles. The number of nitrogens with one attached hydrogen (secondary N) is 3. The lowest BCUT2D eigenvalue weighted by molar-refractivity contribution is -0.143. The molecule has 3 N–H and O–H groups in total. The summed E-state index contributed by atoms with van der Waals surface area (Å²) in [5.41, 5.74) is 1.68. The predicted octanol–water partition coefficient (Wildman–Crippen LogP) is 3.01. The first-order chi connectivity index (χ1) is 16.8. The second-order valence-electron chi connectivity index (χ2n) is 9.18. The van der Waals surface area contributed by atoms with Gasteiger partial charge in [-0.25, -0.2) is 4.98 Å². The Kier molecular flexibility index (Phi) is 7.12. The fourth-order valence-corrected chi connectivity index (χ4v) is 4.38. The highest BCUT2D eigenvalue weighted by Crippen LogP contribution is 2.36. The normalized spacial score (nSPS) is 16.6. The highest BCUT2D eigenvalue weighted by atomic mass is 16.2. The van der Waals surface area contributed by atoms with E-state index in [1.807, 2.05) is 68.4 Å². The summed E-state index contributed by atoms with van der Waals surface area (Å²) >= 11 is 0. The van der Waals surface area contributed by atoms with Crippen molar-refractivity contribution in [1.29, 1.82) is 0 Å². The lowest BCUT2D eigenvalue weighted by Gasteiger charge is -2.31. The molecular weight excluding hydrogens is 442 g/mol. The molecule has 8 heteroatoms. The van der Waals surface area contributed by atoms with Gasteiger partial charge in [-0.05, 0) is 42.5 Å². The van der Waals surface area contributed by atoms with E-state index in [1.165, 1.54) is 0 Å². The number of fused-ring (bicyclic) bond motifs is 2. The number of anilines is 1. The maximum atomic E-state index is 13.8. The minimum absolute atomic E-state index is 0.164. The van der Waals surface area contributed by atoms with Crippen molar-refractivity contribution in [3.8, 4) is 0 Å². The van der Waals surface area contributed by atoms with E-state index in [1.54, 1.807) is 25.1 Å². The molecule has 3 unspecified atom stereocenters. The van der Waals surface area contributed by atoms with Crippen LogP contribution in [0.5, 0.6) is 0 Å². The number of hydrogen-bond acceptors (Lipinski definition) is 5. The number of hydrogen-bond donors (Lipinski definition) is 3. The van der Waals surface area contributed by atoms with Crippen LogP contribution in [0.2, 0.25) is 0 Å². The number of carbonyl (C=O) groups excluding carboxylic acids is 3. The minimum atomic E-state index is -0.834. The fraction of sp³-hybridized carbons (Fsp3) is 0.333. The van der Waals surface area contributed by atoms with Crippen molar-refractivity contribution < 1.29 is 14.4 Å². The first kappa shape index (κ1) is 24.3. The number of nitrogens with zero attached hydrogens (tertiary/aromatic N) is 2. The smallest absolute Gasteiger partial charge is 0.253 e. The van der Waals surface area contributed by atoms with E-state index in [-0.39, 0.29) is 30.2 Å². The van der Waals surface area contributed by atoms with E-state index >= 15 is 0 Å². The maximum absolute atomic E-state index is 13.8. The van der Waals surface area contributed by atoms with Gasteiger partial charge in [0.05, 0.1) is 6.04 Å². The summed E-state index contributed by atoms with van der Waals surface area (Å²) in [5, 5.41) is 10.5. The summed E-state index contributed by atoms with van der Waals surface area (Å²) in [5.74, 6) is -0.621. The van der Waals surface area contributed by atoms with Gasteiger partial charge >= 0.3 is 0 Å². The summed E-state index contributed by atoms with van der Waals surface area (Å²) in [4.78, 5) is 45.9. The number of rotatable bonds is 7. The summed E-state index contributed by atoms with van der Waals surface area (Å²) in [6.07, 6.45) is 1.65. The van der Waals surface area contributed by atoms with Crippen LogP contribution in [0.3, 0.4) is 0 Å². The lowest BCUT2D eigenvalue weighted by atomic mass is 10.0. The highest BCUT2D eigenvalue weighted by molar-refractivity contribution is 6.04. The van der Waals surface area contributed by atoms with Gasteiger partial charge in [0.2, 0.25) is 11.8 Å². The summed E-state index contributed by atoms with van der Waals surface area (Å²) in [6, 6.07) is 15.1. The highest BCUT2D eigenvalue weighted by Gasteiger charge is 2.42. The first-order valence-corrected chi connectivity index (χ1v) is 11.8. The molecule has 8 nitrogen and oxygen atoms in total. The molecule has 182 valence electrons. The molecular formula is C27H31N5O3. The van der Waals surface area contributed by atoms with Crippen molar-refractivity contribution in [2.45, 2.75) is 45.4 Å². The van der Waals surface area contributed by atoms with Gasteiger partial charge in [0.1, 0.15) is 17.9 Å². The van der Waals surface area contributed by atoms with Crippen molar-refractivity contribution >= 4 is 34.3 Å². The van der Waals surface area contributed by atoms with Crippen molar-refractivity contribution in [2.24, 2.45) is 5.92 Å². The zero-order valence-electron chi connectivity index (χ0n) is 20.4. The molecule has 0 fully saturated rings. The molecule has 0 spiro atoms. The molecule has 0 saturated carbocycles. The number of benzene rings is 2. The largest absolute Gasteiger partial charge is 0.343 e. The number of carbonyl (C=O) groups is 3. The molecule has 2 heterocycles. The standard InChI is InChI=1S/C27H31N5O3/c1-16(2)22(30-25(33)17(3)28-4)27(35)32-15-19-10-6-7-11-20(19)23(32)26(34)31-24-21-12-8-5-9-18(21)13-14-29-24/h5-14,16-17,22-23,28H,15H2,1-4H3,(H,30,33)(H,29,31,34). The van der Waals surface area contributed by atoms with Crippen LogP contribution >= 0.6 is 0 Å². The third kappa shape index (κ3) is 4.88. The van der Waals surface area contributed by atoms with Gasteiger partial charge in [0.15, 0.2) is 0 Å². The van der Waals surface area contributed by atoms with E-state index in [0.717, 1.165) is 21.9 Å². The van der Waals surface area contributed by atoms with Crippen molar-refractivity contribution in [3.63, 3.8) is 0 Å². The Labute approximate surface area is 205 Å². The number of amides is 3. The molecule has 4 rings (SSSR count). The molecule has 35 heavy (non-hydrogen) atoms. The average Bonchev–Trinajstić information content (AvgIpc) is 3.26. The zero-order valence-corrected chi connectivity index (χ0v) is 20.4. The zero-order chi connectivity index (χ0) is 25.1. The summed E-state index contributed by atoms with van der Waals surface area (Å²) in [7, 11) is 1.69. The van der Waals surface area contributed by atoms with Crippen molar-refractivity contribution in [2.75, 3.05) is 12.4 Å². The van der Waals surface area contributed by atoms with Crippen LogP contribution in [0.25, 0.3) is 10.8 Å². The van der Waals surface area contributed by atoms with Crippen LogP contribution in [0.4, 0.5) is 5.82 Å². The quantitative estimate of drug-likeness (QED) is 0.490. The van der Waals surface area contributed by atoms with E-state index in [2.05, 4.69) is 20.9 Å². The molecule has 1 aromatic heterocycles. The Morgan fingerprint density at radius 2 is 1.71 bits per heavy atom. The molecule has 2 aromatic carbocycles. The maximum Gasteiger partial charge on any atom is 0.253 e. The molecule has 0 radical (unpaired) electrons. The van der Waals surface area contributed by atoms with Crippen LogP contribution < -0.4 is 16.0 Å². The van der Waals surface area contributed by atoms with Crippen molar-refractivity contribution in [3.05, 3.63) is 71.9 Å². The number of pyridine rings is 1. The lowest BCUT2D eigenvalue weighted by Crippen LogP contribution is -2.55. The van der Waals surface area contributed by atoms with E-state index in [9.17, 15) is 14.4 Å². The van der Waals surface area contributed by atoms with Crippen molar-refractivity contribution in [1.82, 2.24) is 20.5 Å². The van der Waals surface area contributed by atoms with Gasteiger partial charge < -0.3 is 20.9 Å².